The van der Waals surface area contributed by atoms with Gasteiger partial charge in [-0.1, -0.05) is 95.5 Å². The number of thioether (sulfide) groups is 1. The van der Waals surface area contributed by atoms with Crippen LogP contribution >= 0.6 is 27.7 Å². The minimum atomic E-state index is -0.727. The van der Waals surface area contributed by atoms with Gasteiger partial charge in [0.25, 0.3) is 23.4 Å². The van der Waals surface area contributed by atoms with Crippen molar-refractivity contribution in [3.05, 3.63) is 151 Å². The molecule has 4 amide bonds. The second-order valence-electron chi connectivity index (χ2n) is 15.9. The van der Waals surface area contributed by atoms with Crippen molar-refractivity contribution in [3.8, 4) is 11.5 Å². The molecular weight excluding hydrogens is 927 g/mol. The van der Waals surface area contributed by atoms with Crippen LogP contribution in [0.15, 0.2) is 107 Å². The summed E-state index contributed by atoms with van der Waals surface area (Å²) in [5.74, 6) is -0.0200. The predicted octanol–water partition coefficient (Wildman–Crippen LogP) is 8.93. The van der Waals surface area contributed by atoms with Gasteiger partial charge in [0.1, 0.15) is 0 Å². The molecule has 0 bridgehead atoms. The van der Waals surface area contributed by atoms with Crippen molar-refractivity contribution in [2.75, 3.05) is 26.8 Å². The number of methoxy groups -OCH3 is 1. The fourth-order valence-corrected chi connectivity index (χ4v) is 8.76. The van der Waals surface area contributed by atoms with Crippen LogP contribution in [0.25, 0.3) is 0 Å². The lowest BCUT2D eigenvalue weighted by atomic mass is 9.95. The molecule has 1 aliphatic carbocycles. The monoisotopic (exact) mass is 979 g/mol. The number of aromatic nitrogens is 2. The van der Waals surface area contributed by atoms with Crippen LogP contribution in [-0.4, -0.2) is 76.3 Å². The van der Waals surface area contributed by atoms with Crippen molar-refractivity contribution in [1.82, 2.24) is 30.8 Å². The van der Waals surface area contributed by atoms with Crippen molar-refractivity contribution >= 4 is 57.0 Å². The van der Waals surface area contributed by atoms with Gasteiger partial charge in [0, 0.05) is 59.6 Å². The van der Waals surface area contributed by atoms with Gasteiger partial charge in [-0.05, 0) is 80.6 Å². The molecular formula is C49H54BrN7O8S. The molecule has 0 spiro atoms. The molecule has 66 heavy (non-hydrogen) atoms. The van der Waals surface area contributed by atoms with E-state index in [9.17, 15) is 29.3 Å². The van der Waals surface area contributed by atoms with Gasteiger partial charge in [-0.25, -0.2) is 9.97 Å². The molecule has 5 aromatic rings. The van der Waals surface area contributed by atoms with Crippen molar-refractivity contribution in [2.45, 2.75) is 88.3 Å². The van der Waals surface area contributed by atoms with Crippen LogP contribution < -0.4 is 25.4 Å². The average Bonchev–Trinajstić information content (AvgIpc) is 3.32. The number of nitrogens with zero attached hydrogens (tertiary/aromatic N) is 4. The average molecular weight is 981 g/mol. The first-order chi connectivity index (χ1) is 31.9. The molecule has 1 unspecified atom stereocenters. The molecule has 0 saturated heterocycles. The number of rotatable bonds is 21. The van der Waals surface area contributed by atoms with E-state index in [1.54, 1.807) is 49.1 Å². The Morgan fingerprint density at radius 2 is 1.64 bits per heavy atom. The fraction of sp³-hybridized carbons (Fsp3) is 0.347. The summed E-state index contributed by atoms with van der Waals surface area (Å²) < 4.78 is 12.3. The number of carbonyl (C=O) groups excluding carboxylic acids is 4. The van der Waals surface area contributed by atoms with Gasteiger partial charge in [0.15, 0.2) is 16.7 Å². The van der Waals surface area contributed by atoms with Crippen LogP contribution in [0.4, 0.5) is 5.69 Å². The highest BCUT2D eigenvalue weighted by Gasteiger charge is 2.26. The zero-order chi connectivity index (χ0) is 47.0. The number of aryl methyl sites for hydroxylation is 1. The normalized spacial score (nSPS) is 13.0. The Balaban J connectivity index is 1.01. The summed E-state index contributed by atoms with van der Waals surface area (Å²) in [6.07, 6.45) is 7.47. The Hall–Kier alpha value is -6.33. The summed E-state index contributed by atoms with van der Waals surface area (Å²) in [4.78, 5) is 74.9. The number of halogens is 1. The minimum Gasteiger partial charge on any atom is -0.493 e. The second-order valence-corrected chi connectivity index (χ2v) is 17.7. The summed E-state index contributed by atoms with van der Waals surface area (Å²) in [6, 6.07) is 25.9. The molecule has 3 N–H and O–H groups in total. The van der Waals surface area contributed by atoms with Gasteiger partial charge in [0.05, 0.1) is 47.6 Å². The Morgan fingerprint density at radius 3 is 2.33 bits per heavy atom. The number of nitro groups is 1. The number of nitro benzene ring substituents is 1. The summed E-state index contributed by atoms with van der Waals surface area (Å²) in [5.41, 5.74) is 3.78. The smallest absolute Gasteiger partial charge is 0.278 e. The van der Waals surface area contributed by atoms with E-state index in [4.69, 9.17) is 9.47 Å². The first-order valence-corrected chi connectivity index (χ1v) is 23.7. The Labute approximate surface area is 397 Å². The lowest BCUT2D eigenvalue weighted by Crippen LogP contribution is -2.38. The van der Waals surface area contributed by atoms with E-state index in [-0.39, 0.29) is 91.5 Å². The van der Waals surface area contributed by atoms with Crippen molar-refractivity contribution < 1.29 is 33.6 Å². The maximum Gasteiger partial charge on any atom is 0.278 e. The van der Waals surface area contributed by atoms with E-state index in [0.717, 1.165) is 41.3 Å². The Morgan fingerprint density at radius 1 is 0.924 bits per heavy atom. The number of ether oxygens (including phenoxy) is 2. The number of nitrogens with one attached hydrogen (secondary N) is 3. The van der Waals surface area contributed by atoms with E-state index in [0.29, 0.717) is 33.3 Å². The predicted molar refractivity (Wildman–Crippen MR) is 256 cm³/mol. The molecule has 1 atom stereocenters. The van der Waals surface area contributed by atoms with Gasteiger partial charge >= 0.3 is 0 Å². The molecule has 0 aliphatic heterocycles. The third-order valence-corrected chi connectivity index (χ3v) is 12.9. The Bertz CT molecular complexity index is 2490. The van der Waals surface area contributed by atoms with Crippen LogP contribution in [0.1, 0.15) is 111 Å². The van der Waals surface area contributed by atoms with Crippen LogP contribution in [0, 0.1) is 17.0 Å². The molecule has 17 heteroatoms. The second kappa shape index (κ2) is 24.3. The largest absolute Gasteiger partial charge is 0.493 e. The van der Waals surface area contributed by atoms with Crippen LogP contribution in [0.5, 0.6) is 11.5 Å². The number of hydrogen-bond acceptors (Lipinski definition) is 11. The summed E-state index contributed by atoms with van der Waals surface area (Å²) in [5, 5.41) is 21.6. The van der Waals surface area contributed by atoms with Crippen LogP contribution in [0.2, 0.25) is 0 Å². The first-order valence-electron chi connectivity index (χ1n) is 21.9. The number of amides is 4. The number of carbonyl (C=O) groups is 4. The lowest BCUT2D eigenvalue weighted by Gasteiger charge is -2.24. The highest BCUT2D eigenvalue weighted by molar-refractivity contribution is 9.10. The fourth-order valence-electron chi connectivity index (χ4n) is 7.53. The zero-order valence-electron chi connectivity index (χ0n) is 37.2. The van der Waals surface area contributed by atoms with Crippen molar-refractivity contribution in [1.29, 1.82) is 0 Å². The minimum absolute atomic E-state index is 0.0440. The van der Waals surface area contributed by atoms with Gasteiger partial charge < -0.3 is 30.3 Å². The van der Waals surface area contributed by atoms with E-state index < -0.39 is 11.0 Å². The topological polar surface area (TPSA) is 195 Å². The first kappa shape index (κ1) is 49.1. The molecule has 1 fully saturated rings. The molecule has 15 nitrogen and oxygen atoms in total. The molecule has 1 heterocycles. The van der Waals surface area contributed by atoms with Gasteiger partial charge in [0.2, 0.25) is 5.91 Å². The summed E-state index contributed by atoms with van der Waals surface area (Å²) in [6.45, 7) is 4.10. The maximum absolute atomic E-state index is 13.7. The van der Waals surface area contributed by atoms with E-state index in [1.807, 2.05) is 48.5 Å². The molecule has 1 aromatic heterocycles. The van der Waals surface area contributed by atoms with Crippen LogP contribution in [-0.2, 0) is 17.1 Å². The molecule has 0 radical (unpaired) electrons. The number of hydrogen-bond donors (Lipinski definition) is 3. The highest BCUT2D eigenvalue weighted by atomic mass is 79.9. The Kier molecular flexibility index (Phi) is 18.1. The molecule has 1 saturated carbocycles. The lowest BCUT2D eigenvalue weighted by molar-refractivity contribution is -0.385. The summed E-state index contributed by atoms with van der Waals surface area (Å²) >= 11 is 5.01. The van der Waals surface area contributed by atoms with E-state index in [1.165, 1.54) is 43.6 Å². The zero-order valence-corrected chi connectivity index (χ0v) is 39.6. The standard InChI is InChI=1S/C49H54BrN7O8S/c1-32(53-46(59)35-13-6-4-7-14-35)39-27-43(64-3)44(28-42(39)57(62)63)65-26-12-19-45(58)56(30-37-15-10-11-18-41(37)50)25-24-51-48(61)40-29-52-49(54-33(40)2)66-31-34-20-22-36(23-21-34)47(60)55-38-16-8-5-9-17-38/h4,6-7,10-11,13-15,18,20-23,27-29,32,38H,5,8-9,12,16-17,19,24-26,30-31H2,1-3H3,(H,51,61)(H,53,59)(H,55,60). The third kappa shape index (κ3) is 13.8. The SMILES string of the molecule is COc1cc(C(C)NC(=O)c2ccccc2)c([N+](=O)[O-])cc1OCCCC(=O)N(CCNC(=O)c1cnc(SCc2ccc(C(=O)NC3CCCCC3)cc2)nc1C)Cc1ccccc1Br. The number of benzene rings is 4. The van der Waals surface area contributed by atoms with Gasteiger partial charge in [-0.2, -0.15) is 0 Å². The quantitative estimate of drug-likeness (QED) is 0.0209. The van der Waals surface area contributed by atoms with E-state index >= 15 is 0 Å². The van der Waals surface area contributed by atoms with Crippen molar-refractivity contribution in [3.63, 3.8) is 0 Å². The van der Waals surface area contributed by atoms with Crippen molar-refractivity contribution in [2.24, 2.45) is 0 Å². The molecule has 346 valence electrons. The summed E-state index contributed by atoms with van der Waals surface area (Å²) in [7, 11) is 1.42. The molecule has 1 aliphatic rings. The maximum atomic E-state index is 13.7. The highest BCUT2D eigenvalue weighted by Crippen LogP contribution is 2.38. The van der Waals surface area contributed by atoms with Gasteiger partial charge in [-0.15, -0.1) is 0 Å². The molecule has 4 aromatic carbocycles. The van der Waals surface area contributed by atoms with Gasteiger partial charge in [-0.3, -0.25) is 29.3 Å². The van der Waals surface area contributed by atoms with Crippen LogP contribution in [0.3, 0.4) is 0 Å². The third-order valence-electron chi connectivity index (χ3n) is 11.2. The molecule has 6 rings (SSSR count). The van der Waals surface area contributed by atoms with E-state index in [2.05, 4.69) is 41.8 Å².